The van der Waals surface area contributed by atoms with Gasteiger partial charge in [0, 0.05) is 34.7 Å². The third kappa shape index (κ3) is 13.5. The van der Waals surface area contributed by atoms with Crippen molar-refractivity contribution in [2.75, 3.05) is 19.4 Å². The van der Waals surface area contributed by atoms with Gasteiger partial charge in [-0.2, -0.15) is 13.2 Å². The summed E-state index contributed by atoms with van der Waals surface area (Å²) in [6.45, 7) is 6.94. The second kappa shape index (κ2) is 24.9. The van der Waals surface area contributed by atoms with E-state index >= 15 is 0 Å². The van der Waals surface area contributed by atoms with Crippen LogP contribution in [-0.2, 0) is 76.4 Å². The number of aliphatic carboxylic acids is 1. The van der Waals surface area contributed by atoms with Crippen LogP contribution in [0.5, 0.6) is 0 Å². The van der Waals surface area contributed by atoms with E-state index in [2.05, 4.69) is 26.4 Å². The van der Waals surface area contributed by atoms with Crippen LogP contribution in [0.25, 0.3) is 22.3 Å². The molecule has 2 aromatic heterocycles. The molecule has 11 N–H and O–H groups in total. The van der Waals surface area contributed by atoms with Crippen LogP contribution in [0, 0.1) is 12.7 Å². The molecule has 24 heteroatoms. The first-order chi connectivity index (χ1) is 32.9. The smallest absolute Gasteiger partial charge is 0.475 e. The molecule has 0 saturated heterocycles. The topological polar surface area (TPSA) is 327 Å². The maximum atomic E-state index is 14.6. The highest BCUT2D eigenvalue weighted by molar-refractivity contribution is 5.96. The number of benzene rings is 2. The number of likely N-dealkylation sites (N-methyl/N-ethyl adjacent to an activating group) is 1. The Labute approximate surface area is 398 Å². The molecule has 4 heterocycles. The first kappa shape index (κ1) is 57.2. The fourth-order valence-electron chi connectivity index (χ4n) is 7.43. The van der Waals surface area contributed by atoms with Crippen molar-refractivity contribution in [3.8, 4) is 11.4 Å². The predicted octanol–water partition coefficient (Wildman–Crippen LogP) is 2.66. The molecule has 0 saturated carbocycles. The number of nitrogens with two attached hydrogens (primary N) is 3. The summed E-state index contributed by atoms with van der Waals surface area (Å²) < 4.78 is 57.7. The molecule has 3 amide bonds. The summed E-state index contributed by atoms with van der Waals surface area (Å²) in [5, 5.41) is 27.0. The van der Waals surface area contributed by atoms with Crippen LogP contribution in [0.1, 0.15) is 79.0 Å². The number of nitrogens with zero attached hydrogens (tertiary/aromatic N) is 2. The lowest BCUT2D eigenvalue weighted by atomic mass is 9.84. The first-order valence-electron chi connectivity index (χ1n) is 21.6. The standard InChI is InChI=1S/C24H21FN2O4.C13H17N3O4.C6H12N2O2.C2HF3O2.CH5N/c1-3-24(30)16-7-19-21-14(9-27(19)22(28)15(16)10-31-23(24)29)13-6-4-5-12-11(2)17(25)8-18(26-21)20(12)13;1-15-11(6-7-17)12(18)16-10-4-2-9(3-5-10)8-20-13(14)19;1-4(3-9)8-6(10)5(2)7;3-2(4,5)1(6)7;1-2/h7-8,30H,3-6,9-10H2,1-2H3;2-5,7,11,15H,6,8H2,1H3,(H2,14,19)(H,16,18);3-5H,7H2,1-2H3,(H,8,10);(H,6,7);2H2,1H3/t24-;;4?,5-;;/m0.0../s1. The number of alkyl halides is 3. The number of pyridine rings is 2. The second-order valence-electron chi connectivity index (χ2n) is 15.8. The van der Waals surface area contributed by atoms with Gasteiger partial charge >= 0.3 is 24.2 Å². The molecule has 7 rings (SSSR count). The summed E-state index contributed by atoms with van der Waals surface area (Å²) >= 11 is 0. The summed E-state index contributed by atoms with van der Waals surface area (Å²) in [6, 6.07) is 8.36. The van der Waals surface area contributed by atoms with Gasteiger partial charge in [0.15, 0.2) is 5.60 Å². The number of fused-ring (bicyclic) bond motifs is 5. The molecule has 0 radical (unpaired) electrons. The zero-order valence-electron chi connectivity index (χ0n) is 39.1. The lowest BCUT2D eigenvalue weighted by Gasteiger charge is -2.31. The van der Waals surface area contributed by atoms with Crippen molar-refractivity contribution in [3.63, 3.8) is 0 Å². The van der Waals surface area contributed by atoms with E-state index in [1.54, 1.807) is 62.7 Å². The largest absolute Gasteiger partial charge is 0.490 e. The average Bonchev–Trinajstić information content (AvgIpc) is 3.70. The number of esters is 1. The number of primary amides is 1. The van der Waals surface area contributed by atoms with Gasteiger partial charge in [-0.1, -0.05) is 19.1 Å². The zero-order valence-corrected chi connectivity index (χ0v) is 39.1. The summed E-state index contributed by atoms with van der Waals surface area (Å²) in [5.74, 6) is -4.37. The van der Waals surface area contributed by atoms with Gasteiger partial charge in [0.1, 0.15) is 31.6 Å². The summed E-state index contributed by atoms with van der Waals surface area (Å²) in [7, 11) is 3.11. The van der Waals surface area contributed by atoms with Crippen molar-refractivity contribution >= 4 is 59.0 Å². The molecule has 1 aliphatic carbocycles. The molecular formula is C46H56F4N8O12. The fraction of sp³-hybridized carbons (Fsp3) is 0.413. The highest BCUT2D eigenvalue weighted by atomic mass is 19.4. The molecule has 4 aromatic rings. The second-order valence-corrected chi connectivity index (χ2v) is 15.8. The Kier molecular flexibility index (Phi) is 20.4. The Morgan fingerprint density at radius 1 is 1.01 bits per heavy atom. The van der Waals surface area contributed by atoms with E-state index in [1.165, 1.54) is 13.1 Å². The Morgan fingerprint density at radius 3 is 2.16 bits per heavy atom. The predicted molar refractivity (Wildman–Crippen MR) is 245 cm³/mol. The van der Waals surface area contributed by atoms with Crippen molar-refractivity contribution in [3.05, 3.63) is 91.5 Å². The number of nitrogens with one attached hydrogen (secondary N) is 3. The molecule has 20 nitrogen and oxygen atoms in total. The van der Waals surface area contributed by atoms with Crippen molar-refractivity contribution in [2.24, 2.45) is 17.2 Å². The number of aryl methyl sites for hydroxylation is 2. The third-order valence-electron chi connectivity index (χ3n) is 11.1. The zero-order chi connectivity index (χ0) is 52.8. The number of carbonyl (C=O) groups excluding carboxylic acids is 6. The summed E-state index contributed by atoms with van der Waals surface area (Å²) in [4.78, 5) is 92.8. The van der Waals surface area contributed by atoms with Crippen molar-refractivity contribution < 1.29 is 70.8 Å². The normalized spacial score (nSPS) is 16.0. The number of carboxylic acids is 1. The van der Waals surface area contributed by atoms with Gasteiger partial charge in [0.05, 0.1) is 47.1 Å². The number of aliphatic hydroxyl groups is 1. The maximum Gasteiger partial charge on any atom is 0.490 e. The summed E-state index contributed by atoms with van der Waals surface area (Å²) in [6.07, 6.45) is -1.80. The van der Waals surface area contributed by atoms with Gasteiger partial charge in [-0.25, -0.2) is 23.8 Å². The van der Waals surface area contributed by atoms with Gasteiger partial charge in [0.25, 0.3) is 5.56 Å². The minimum absolute atomic E-state index is 0.0772. The molecule has 0 fully saturated rings. The summed E-state index contributed by atoms with van der Waals surface area (Å²) in [5.41, 5.74) is 19.9. The van der Waals surface area contributed by atoms with Gasteiger partial charge in [-0.15, -0.1) is 0 Å². The van der Waals surface area contributed by atoms with Crippen LogP contribution >= 0.6 is 0 Å². The average molecular weight is 989 g/mol. The quantitative estimate of drug-likeness (QED) is 0.0536. The van der Waals surface area contributed by atoms with Crippen LogP contribution in [-0.4, -0.2) is 101 Å². The first-order valence-corrected chi connectivity index (χ1v) is 21.6. The van der Waals surface area contributed by atoms with Crippen LogP contribution < -0.4 is 38.7 Å². The maximum absolute atomic E-state index is 14.6. The molecule has 4 atom stereocenters. The third-order valence-corrected chi connectivity index (χ3v) is 11.1. The Morgan fingerprint density at radius 2 is 1.63 bits per heavy atom. The number of anilines is 1. The fourth-order valence-corrected chi connectivity index (χ4v) is 7.43. The molecule has 3 aliphatic rings. The molecule has 2 aromatic carbocycles. The molecule has 70 heavy (non-hydrogen) atoms. The number of aromatic nitrogens is 2. The van der Waals surface area contributed by atoms with E-state index < -0.39 is 47.9 Å². The Hall–Kier alpha value is -7.15. The molecule has 380 valence electrons. The van der Waals surface area contributed by atoms with Crippen LogP contribution in [0.15, 0.2) is 41.2 Å². The molecule has 2 unspecified atom stereocenters. The van der Waals surface area contributed by atoms with Crippen molar-refractivity contribution in [1.29, 1.82) is 0 Å². The monoisotopic (exact) mass is 988 g/mol. The van der Waals surface area contributed by atoms with E-state index in [0.29, 0.717) is 58.4 Å². The molecule has 2 aliphatic heterocycles. The molecular weight excluding hydrogens is 933 g/mol. The minimum Gasteiger partial charge on any atom is -0.475 e. The van der Waals surface area contributed by atoms with E-state index in [9.17, 15) is 56.2 Å². The van der Waals surface area contributed by atoms with Crippen molar-refractivity contribution in [1.82, 2.24) is 20.2 Å². The molecule has 0 spiro atoms. The number of amides is 3. The SMILES string of the molecule is CC(C=O)NC(=O)[C@H](C)N.CC[C@@]1(O)C(=O)OCc2c1cc1n(c2=O)Cc2c-1nc1cc(F)c(C)c3c1c2CCC3.CN.CNC(CC=O)C(=O)Nc1ccc(COC(N)=O)cc1.O=C(O)C(F)(F)F. The van der Waals surface area contributed by atoms with Crippen LogP contribution in [0.3, 0.4) is 0 Å². The van der Waals surface area contributed by atoms with Gasteiger partial charge in [-0.3, -0.25) is 14.4 Å². The van der Waals surface area contributed by atoms with Gasteiger partial charge < -0.3 is 67.0 Å². The number of cyclic esters (lactones) is 1. The number of rotatable bonds is 11. The van der Waals surface area contributed by atoms with Gasteiger partial charge in [0.2, 0.25) is 11.8 Å². The van der Waals surface area contributed by atoms with E-state index in [1.807, 2.05) is 6.92 Å². The van der Waals surface area contributed by atoms with E-state index in [4.69, 9.17) is 31.1 Å². The highest BCUT2D eigenvalue weighted by Crippen LogP contribution is 2.43. The Balaban J connectivity index is 0.000000285. The number of halogens is 4. The number of ether oxygens (including phenoxy) is 2. The van der Waals surface area contributed by atoms with Crippen LogP contribution in [0.4, 0.5) is 28.0 Å². The molecule has 0 bridgehead atoms. The van der Waals surface area contributed by atoms with Gasteiger partial charge in [-0.05, 0) is 101 Å². The highest BCUT2D eigenvalue weighted by Gasteiger charge is 2.45. The number of carbonyl (C=O) groups is 7. The minimum atomic E-state index is -5.08. The lowest BCUT2D eigenvalue weighted by Crippen LogP contribution is -2.44. The van der Waals surface area contributed by atoms with E-state index in [0.717, 1.165) is 46.9 Å². The van der Waals surface area contributed by atoms with E-state index in [-0.39, 0.29) is 49.2 Å². The number of hydrogen-bond donors (Lipinski definition) is 8. The number of carboxylic acid groups (broad SMARTS) is 1. The number of aldehydes is 2. The lowest BCUT2D eigenvalue weighted by molar-refractivity contribution is -0.192. The Bertz CT molecular complexity index is 2660. The van der Waals surface area contributed by atoms with Crippen LogP contribution in [0.2, 0.25) is 0 Å². The number of hydrogen-bond acceptors (Lipinski definition) is 15. The van der Waals surface area contributed by atoms with Crippen molar-refractivity contribution in [2.45, 2.75) is 109 Å².